The van der Waals surface area contributed by atoms with Crippen LogP contribution in [0.5, 0.6) is 5.75 Å². The Hall–Kier alpha value is -4.07. The van der Waals surface area contributed by atoms with Crippen molar-refractivity contribution >= 4 is 67.6 Å². The van der Waals surface area contributed by atoms with Crippen molar-refractivity contribution in [2.75, 3.05) is 67.4 Å². The van der Waals surface area contributed by atoms with E-state index in [-0.39, 0.29) is 28.1 Å². The van der Waals surface area contributed by atoms with Crippen LogP contribution in [0.3, 0.4) is 0 Å². The number of aromatic nitrogens is 2. The molecule has 0 fully saturated rings. The summed E-state index contributed by atoms with van der Waals surface area (Å²) in [6.45, 7) is 8.85. The van der Waals surface area contributed by atoms with Gasteiger partial charge in [-0.25, -0.2) is 13.4 Å². The zero-order valence-corrected chi connectivity index (χ0v) is 26.9. The molecule has 3 aromatic rings. The van der Waals surface area contributed by atoms with E-state index < -0.39 is 15.9 Å². The average Bonchev–Trinajstić information content (AvgIpc) is 2.97. The molecule has 0 unspecified atom stereocenters. The van der Waals surface area contributed by atoms with E-state index in [9.17, 15) is 13.2 Å². The second-order valence-electron chi connectivity index (χ2n) is 9.98. The van der Waals surface area contributed by atoms with E-state index in [1.165, 1.54) is 13.3 Å². The van der Waals surface area contributed by atoms with Crippen molar-refractivity contribution in [3.05, 3.63) is 59.3 Å². The van der Waals surface area contributed by atoms with Crippen LogP contribution in [0.25, 0.3) is 5.57 Å². The first-order valence-electron chi connectivity index (χ1n) is 13.6. The van der Waals surface area contributed by atoms with Gasteiger partial charge in [0.2, 0.25) is 21.9 Å². The van der Waals surface area contributed by atoms with Gasteiger partial charge in [-0.05, 0) is 45.1 Å². The van der Waals surface area contributed by atoms with Crippen LogP contribution in [0.4, 0.5) is 34.5 Å². The fourth-order valence-electron chi connectivity index (χ4n) is 4.11. The Kier molecular flexibility index (Phi) is 11.2. The Morgan fingerprint density at radius 3 is 2.44 bits per heavy atom. The number of para-hydroxylation sites is 1. The number of ether oxygens (including phenoxy) is 1. The highest BCUT2D eigenvalue weighted by molar-refractivity contribution is 7.92. The van der Waals surface area contributed by atoms with E-state index in [1.807, 2.05) is 45.1 Å². The third kappa shape index (κ3) is 8.49. The Balaban J connectivity index is 2.03. The molecule has 14 heteroatoms. The van der Waals surface area contributed by atoms with Crippen LogP contribution in [0, 0.1) is 0 Å². The van der Waals surface area contributed by atoms with E-state index in [0.29, 0.717) is 47.0 Å². The Labute approximate surface area is 258 Å². The molecule has 0 spiro atoms. The number of hydrogen-bond donors (Lipinski definition) is 4. The molecule has 232 valence electrons. The van der Waals surface area contributed by atoms with Gasteiger partial charge in [0.05, 0.1) is 36.1 Å². The highest BCUT2D eigenvalue weighted by atomic mass is 35.5. The van der Waals surface area contributed by atoms with E-state index in [2.05, 4.69) is 36.8 Å². The van der Waals surface area contributed by atoms with Gasteiger partial charge in [0, 0.05) is 43.0 Å². The number of primary amides is 1. The van der Waals surface area contributed by atoms with Gasteiger partial charge in [0.1, 0.15) is 10.8 Å². The fourth-order valence-corrected chi connectivity index (χ4v) is 4.94. The van der Waals surface area contributed by atoms with E-state index in [4.69, 9.17) is 22.1 Å². The molecule has 1 aromatic heterocycles. The van der Waals surface area contributed by atoms with E-state index in [1.54, 1.807) is 25.1 Å². The molecule has 1 heterocycles. The van der Waals surface area contributed by atoms with Crippen molar-refractivity contribution in [1.29, 1.82) is 0 Å². The molecule has 0 saturated carbocycles. The van der Waals surface area contributed by atoms with Crippen LogP contribution < -0.4 is 30.7 Å². The monoisotopic (exact) mass is 630 g/mol. The van der Waals surface area contributed by atoms with E-state index in [0.717, 1.165) is 12.1 Å². The van der Waals surface area contributed by atoms with Crippen LogP contribution in [0.1, 0.15) is 25.0 Å². The first kappa shape index (κ1) is 33.4. The number of benzene rings is 2. The first-order valence-corrected chi connectivity index (χ1v) is 15.6. The van der Waals surface area contributed by atoms with Crippen LogP contribution in [-0.4, -0.2) is 76.3 Å². The summed E-state index contributed by atoms with van der Waals surface area (Å²) in [6, 6.07) is 8.89. The van der Waals surface area contributed by atoms with Gasteiger partial charge in [0.25, 0.3) is 0 Å². The number of methoxy groups -OCH3 is 1. The van der Waals surface area contributed by atoms with Gasteiger partial charge in [-0.15, -0.1) is 0 Å². The topological polar surface area (TPSA) is 155 Å². The highest BCUT2D eigenvalue weighted by Crippen LogP contribution is 2.38. The van der Waals surface area contributed by atoms with Crippen molar-refractivity contribution in [2.24, 2.45) is 5.73 Å². The number of amides is 1. The maximum absolute atomic E-state index is 12.4. The molecule has 43 heavy (non-hydrogen) atoms. The predicted octanol–water partition coefficient (Wildman–Crippen LogP) is 4.45. The molecule has 1 amide bonds. The largest absolute Gasteiger partial charge is 0.494 e. The van der Waals surface area contributed by atoms with Crippen LogP contribution in [0.2, 0.25) is 5.02 Å². The first-order chi connectivity index (χ1) is 20.3. The van der Waals surface area contributed by atoms with Crippen molar-refractivity contribution in [2.45, 2.75) is 20.3 Å². The van der Waals surface area contributed by atoms with Crippen molar-refractivity contribution in [1.82, 2.24) is 14.9 Å². The Morgan fingerprint density at radius 2 is 1.84 bits per heavy atom. The quantitative estimate of drug-likeness (QED) is 0.177. The lowest BCUT2D eigenvalue weighted by atomic mass is 10.0. The molecule has 12 nitrogen and oxygen atoms in total. The van der Waals surface area contributed by atoms with Crippen LogP contribution >= 0.6 is 11.6 Å². The summed E-state index contributed by atoms with van der Waals surface area (Å²) in [4.78, 5) is 25.0. The maximum atomic E-state index is 12.4. The third-order valence-electron chi connectivity index (χ3n) is 6.65. The van der Waals surface area contributed by atoms with Gasteiger partial charge >= 0.3 is 0 Å². The molecule has 0 radical (unpaired) electrons. The van der Waals surface area contributed by atoms with Crippen LogP contribution in [-0.2, 0) is 21.2 Å². The van der Waals surface area contributed by atoms with Crippen molar-refractivity contribution in [3.8, 4) is 5.75 Å². The zero-order valence-electron chi connectivity index (χ0n) is 25.3. The SMILES string of the molecule is C=C(C(N)=O)c1cc(Nc2ncc(Cl)c(Nc3cccc(CC)c3NS(=O)(=O)CC)n2)c(OC)cc1N(C)CCN(C)C. The van der Waals surface area contributed by atoms with Crippen molar-refractivity contribution < 1.29 is 17.9 Å². The van der Waals surface area contributed by atoms with Gasteiger partial charge < -0.3 is 30.9 Å². The summed E-state index contributed by atoms with van der Waals surface area (Å²) in [5.41, 5.74) is 9.14. The van der Waals surface area contributed by atoms with E-state index >= 15 is 0 Å². The molecule has 0 aliphatic carbocycles. The second-order valence-corrected chi connectivity index (χ2v) is 12.4. The number of aryl methyl sites for hydroxylation is 1. The smallest absolute Gasteiger partial charge is 0.248 e. The van der Waals surface area contributed by atoms with Gasteiger partial charge in [-0.1, -0.05) is 37.2 Å². The molecular formula is C29H39ClN8O4S. The number of nitrogens with two attached hydrogens (primary N) is 1. The summed E-state index contributed by atoms with van der Waals surface area (Å²) in [6.07, 6.45) is 2.01. The molecule has 0 bridgehead atoms. The van der Waals surface area contributed by atoms with Gasteiger partial charge in [-0.3, -0.25) is 9.52 Å². The molecule has 0 saturated heterocycles. The van der Waals surface area contributed by atoms with Gasteiger partial charge in [-0.2, -0.15) is 4.98 Å². The summed E-state index contributed by atoms with van der Waals surface area (Å²) < 4.78 is 33.2. The lowest BCUT2D eigenvalue weighted by molar-refractivity contribution is -0.112. The summed E-state index contributed by atoms with van der Waals surface area (Å²) in [7, 11) is 3.84. The molecular weight excluding hydrogens is 592 g/mol. The number of anilines is 6. The molecule has 5 N–H and O–H groups in total. The van der Waals surface area contributed by atoms with Crippen molar-refractivity contribution in [3.63, 3.8) is 0 Å². The maximum Gasteiger partial charge on any atom is 0.248 e. The molecule has 2 aromatic carbocycles. The summed E-state index contributed by atoms with van der Waals surface area (Å²) in [5.74, 6) is 0.134. The minimum absolute atomic E-state index is 0.0803. The summed E-state index contributed by atoms with van der Waals surface area (Å²) in [5, 5.41) is 6.49. The minimum Gasteiger partial charge on any atom is -0.494 e. The van der Waals surface area contributed by atoms with Gasteiger partial charge in [0.15, 0.2) is 5.82 Å². The number of likely N-dealkylation sites (N-methyl/N-ethyl adjacent to an activating group) is 2. The number of nitrogens with zero attached hydrogens (tertiary/aromatic N) is 4. The zero-order chi connectivity index (χ0) is 31.9. The number of carbonyl (C=O) groups excluding carboxylic acids is 1. The average molecular weight is 631 g/mol. The second kappa shape index (κ2) is 14.4. The number of nitrogens with one attached hydrogen (secondary N) is 3. The molecule has 3 rings (SSSR count). The normalized spacial score (nSPS) is 11.3. The minimum atomic E-state index is -3.55. The lowest BCUT2D eigenvalue weighted by Gasteiger charge is -2.26. The number of rotatable bonds is 15. The Bertz CT molecular complexity index is 1600. The third-order valence-corrected chi connectivity index (χ3v) is 8.20. The standard InChI is InChI=1S/C29H39ClN8O4S/c1-8-19-11-10-12-22(26(19)36-43(40,41)9-2)33-28-21(30)17-32-29(35-28)34-23-15-20(18(3)27(31)39)24(16-25(23)42-7)38(6)14-13-37(4)5/h10-12,15-17,36H,3,8-9,13-14H2,1-2,4-7H3,(H2,31,39)(H2,32,33,34,35). The van der Waals surface area contributed by atoms with Crippen LogP contribution in [0.15, 0.2) is 43.1 Å². The number of halogens is 1. The number of hydrogen-bond acceptors (Lipinski definition) is 10. The number of sulfonamides is 1. The number of carbonyl (C=O) groups is 1. The highest BCUT2D eigenvalue weighted by Gasteiger charge is 2.20. The molecule has 0 aliphatic heterocycles. The fraction of sp³-hybridized carbons (Fsp3) is 0.345. The summed E-state index contributed by atoms with van der Waals surface area (Å²) >= 11 is 6.45. The molecule has 0 aliphatic rings. The Morgan fingerprint density at radius 1 is 1.12 bits per heavy atom. The molecule has 0 atom stereocenters. The lowest BCUT2D eigenvalue weighted by Crippen LogP contribution is -2.29. The predicted molar refractivity (Wildman–Crippen MR) is 176 cm³/mol.